The number of hydrogen-bond donors (Lipinski definition) is 2. The van der Waals surface area contributed by atoms with E-state index in [9.17, 15) is 22.8 Å². The van der Waals surface area contributed by atoms with Gasteiger partial charge in [-0.15, -0.1) is 0 Å². The maximum Gasteiger partial charge on any atom is 0.395 e. The lowest BCUT2D eigenvalue weighted by molar-refractivity contribution is -0.256. The molecular formula is C29H35F3N4O3. The zero-order valence-corrected chi connectivity index (χ0v) is 21.9. The van der Waals surface area contributed by atoms with E-state index in [0.717, 1.165) is 43.4 Å². The van der Waals surface area contributed by atoms with Gasteiger partial charge in [-0.05, 0) is 87.8 Å². The second-order valence-corrected chi connectivity index (χ2v) is 11.1. The molecule has 3 fully saturated rings. The number of benzene rings is 1. The second-order valence-electron chi connectivity index (χ2n) is 11.1. The normalized spacial score (nSPS) is 21.8. The summed E-state index contributed by atoms with van der Waals surface area (Å²) >= 11 is 0. The summed E-state index contributed by atoms with van der Waals surface area (Å²) in [4.78, 5) is 30.9. The molecule has 210 valence electrons. The van der Waals surface area contributed by atoms with Gasteiger partial charge in [-0.25, -0.2) is 4.98 Å². The molecule has 2 N–H and O–H groups in total. The molecule has 1 aromatic carbocycles. The van der Waals surface area contributed by atoms with Crippen LogP contribution in [0.1, 0.15) is 55.3 Å². The van der Waals surface area contributed by atoms with Crippen LogP contribution in [0.5, 0.6) is 5.88 Å². The number of hydrogen-bond acceptors (Lipinski definition) is 6. The SMILES string of the molecule is O=C(NC(=O)[C@@H]1CCCN1)c1ccc(-c2ccc(OCC3CCN(CC4(C(F)(F)F)CCC4)CC3)nc2)cc1. The van der Waals surface area contributed by atoms with Crippen LogP contribution in [0.4, 0.5) is 13.2 Å². The topological polar surface area (TPSA) is 83.6 Å². The number of carbonyl (C=O) groups is 2. The maximum atomic E-state index is 13.5. The summed E-state index contributed by atoms with van der Waals surface area (Å²) in [5.74, 6) is 0.0777. The Morgan fingerprint density at radius 1 is 1.03 bits per heavy atom. The number of imide groups is 1. The Hall–Kier alpha value is -2.98. The van der Waals surface area contributed by atoms with Gasteiger partial charge >= 0.3 is 6.18 Å². The highest BCUT2D eigenvalue weighted by Gasteiger charge is 2.58. The monoisotopic (exact) mass is 544 g/mol. The molecule has 0 radical (unpaired) electrons. The molecule has 1 atom stereocenters. The number of ether oxygens (including phenoxy) is 1. The number of nitrogens with one attached hydrogen (secondary N) is 2. The van der Waals surface area contributed by atoms with Crippen molar-refractivity contribution in [1.82, 2.24) is 20.5 Å². The van der Waals surface area contributed by atoms with E-state index in [4.69, 9.17) is 4.74 Å². The number of halogens is 3. The van der Waals surface area contributed by atoms with E-state index in [0.29, 0.717) is 43.5 Å². The van der Waals surface area contributed by atoms with Gasteiger partial charge in [-0.1, -0.05) is 18.6 Å². The highest BCUT2D eigenvalue weighted by Crippen LogP contribution is 2.53. The zero-order valence-electron chi connectivity index (χ0n) is 21.9. The molecule has 3 aliphatic rings. The first kappa shape index (κ1) is 27.6. The minimum Gasteiger partial charge on any atom is -0.477 e. The fourth-order valence-corrected chi connectivity index (χ4v) is 5.71. The maximum absolute atomic E-state index is 13.5. The quantitative estimate of drug-likeness (QED) is 0.474. The van der Waals surface area contributed by atoms with Gasteiger partial charge < -0.3 is 15.0 Å². The van der Waals surface area contributed by atoms with Crippen LogP contribution in [-0.2, 0) is 4.79 Å². The van der Waals surface area contributed by atoms with E-state index in [-0.39, 0.29) is 31.3 Å². The van der Waals surface area contributed by atoms with Gasteiger partial charge in [0.25, 0.3) is 5.91 Å². The van der Waals surface area contributed by atoms with Crippen molar-refractivity contribution in [3.63, 3.8) is 0 Å². The molecular weight excluding hydrogens is 509 g/mol. The van der Waals surface area contributed by atoms with Crippen LogP contribution in [0.15, 0.2) is 42.6 Å². The number of pyridine rings is 1. The third kappa shape index (κ3) is 6.44. The van der Waals surface area contributed by atoms with Crippen molar-refractivity contribution in [1.29, 1.82) is 0 Å². The molecule has 0 unspecified atom stereocenters. The van der Waals surface area contributed by atoms with Crippen LogP contribution in [0, 0.1) is 11.3 Å². The van der Waals surface area contributed by atoms with Crippen molar-refractivity contribution in [3.05, 3.63) is 48.2 Å². The first-order valence-corrected chi connectivity index (χ1v) is 13.8. The van der Waals surface area contributed by atoms with Crippen LogP contribution in [0.25, 0.3) is 11.1 Å². The molecule has 2 aromatic rings. The van der Waals surface area contributed by atoms with Crippen molar-refractivity contribution in [2.45, 2.75) is 57.2 Å². The smallest absolute Gasteiger partial charge is 0.395 e. The number of aromatic nitrogens is 1. The Bertz CT molecular complexity index is 1140. The molecule has 0 bridgehead atoms. The van der Waals surface area contributed by atoms with Crippen LogP contribution in [0.3, 0.4) is 0 Å². The molecule has 5 rings (SSSR count). The molecule has 39 heavy (non-hydrogen) atoms. The summed E-state index contributed by atoms with van der Waals surface area (Å²) in [6.45, 7) is 2.72. The third-order valence-corrected chi connectivity index (χ3v) is 8.44. The van der Waals surface area contributed by atoms with E-state index in [1.165, 1.54) is 0 Å². The van der Waals surface area contributed by atoms with Crippen molar-refractivity contribution in [3.8, 4) is 17.0 Å². The van der Waals surface area contributed by atoms with Crippen molar-refractivity contribution < 1.29 is 27.5 Å². The van der Waals surface area contributed by atoms with Crippen LogP contribution in [0.2, 0.25) is 0 Å². The minimum atomic E-state index is -4.12. The summed E-state index contributed by atoms with van der Waals surface area (Å²) in [5, 5.41) is 5.53. The number of carbonyl (C=O) groups excluding carboxylic acids is 2. The van der Waals surface area contributed by atoms with Crippen LogP contribution < -0.4 is 15.4 Å². The molecule has 2 aliphatic heterocycles. The average Bonchev–Trinajstić information content (AvgIpc) is 3.45. The third-order valence-electron chi connectivity index (χ3n) is 8.44. The standard InChI is InChI=1S/C29H35F3N4O3/c30-29(31,32)28(12-2-13-28)19-36-15-10-20(11-16-36)18-39-25-9-8-23(17-34-25)21-4-6-22(7-5-21)26(37)35-27(38)24-3-1-14-33-24/h4-9,17,20,24,33H,1-3,10-16,18-19H2,(H,35,37,38)/t24-/m0/s1. The summed E-state index contributed by atoms with van der Waals surface area (Å²) in [6, 6.07) is 10.4. The van der Waals surface area contributed by atoms with E-state index in [1.54, 1.807) is 24.4 Å². The summed E-state index contributed by atoms with van der Waals surface area (Å²) < 4.78 is 46.4. The molecule has 0 spiro atoms. The predicted octanol–water partition coefficient (Wildman–Crippen LogP) is 4.58. The molecule has 3 heterocycles. The first-order chi connectivity index (χ1) is 18.7. The van der Waals surface area contributed by atoms with Crippen LogP contribution >= 0.6 is 0 Å². The molecule has 10 heteroatoms. The van der Waals surface area contributed by atoms with Gasteiger partial charge in [0.2, 0.25) is 11.8 Å². The van der Waals surface area contributed by atoms with Gasteiger partial charge in [-0.3, -0.25) is 14.9 Å². The Morgan fingerprint density at radius 2 is 1.74 bits per heavy atom. The highest BCUT2D eigenvalue weighted by atomic mass is 19.4. The van der Waals surface area contributed by atoms with E-state index < -0.39 is 17.5 Å². The molecule has 1 aliphatic carbocycles. The van der Waals surface area contributed by atoms with Crippen LogP contribution in [-0.4, -0.2) is 66.7 Å². The number of amides is 2. The second kappa shape index (κ2) is 11.6. The summed E-state index contributed by atoms with van der Waals surface area (Å²) in [5.41, 5.74) is 0.652. The molecule has 7 nitrogen and oxygen atoms in total. The van der Waals surface area contributed by atoms with E-state index in [2.05, 4.69) is 15.6 Å². The molecule has 1 aromatic heterocycles. The number of piperidine rings is 1. The van der Waals surface area contributed by atoms with E-state index >= 15 is 0 Å². The van der Waals surface area contributed by atoms with E-state index in [1.807, 2.05) is 23.1 Å². The van der Waals surface area contributed by atoms with Gasteiger partial charge in [0.15, 0.2) is 0 Å². The highest BCUT2D eigenvalue weighted by molar-refractivity contribution is 6.06. The Morgan fingerprint density at radius 3 is 2.31 bits per heavy atom. The van der Waals surface area contributed by atoms with Crippen molar-refractivity contribution >= 4 is 11.8 Å². The minimum absolute atomic E-state index is 0.120. The predicted molar refractivity (Wildman–Crippen MR) is 140 cm³/mol. The Balaban J connectivity index is 1.06. The lowest BCUT2D eigenvalue weighted by Crippen LogP contribution is -2.53. The molecule has 2 amide bonds. The number of rotatable bonds is 8. The molecule has 1 saturated carbocycles. The largest absolute Gasteiger partial charge is 0.477 e. The van der Waals surface area contributed by atoms with Gasteiger partial charge in [0, 0.05) is 29.9 Å². The lowest BCUT2D eigenvalue weighted by Gasteiger charge is -2.47. The van der Waals surface area contributed by atoms with Crippen molar-refractivity contribution in [2.24, 2.45) is 11.3 Å². The van der Waals surface area contributed by atoms with Gasteiger partial charge in [-0.2, -0.15) is 13.2 Å². The summed E-state index contributed by atoms with van der Waals surface area (Å²) in [7, 11) is 0. The molecule has 2 saturated heterocycles. The Labute approximate surface area is 226 Å². The average molecular weight is 545 g/mol. The number of likely N-dealkylation sites (tertiary alicyclic amines) is 1. The summed E-state index contributed by atoms with van der Waals surface area (Å²) in [6.07, 6.45) is 2.04. The first-order valence-electron chi connectivity index (χ1n) is 13.8. The fraction of sp³-hybridized carbons (Fsp3) is 0.552. The zero-order chi connectivity index (χ0) is 27.5. The lowest BCUT2D eigenvalue weighted by atomic mass is 9.67. The Kier molecular flexibility index (Phi) is 8.23. The number of alkyl halides is 3. The van der Waals surface area contributed by atoms with Gasteiger partial charge in [0.1, 0.15) is 0 Å². The van der Waals surface area contributed by atoms with Crippen molar-refractivity contribution in [2.75, 3.05) is 32.8 Å². The number of nitrogens with zero attached hydrogens (tertiary/aromatic N) is 2. The van der Waals surface area contributed by atoms with Gasteiger partial charge in [0.05, 0.1) is 18.1 Å². The fourth-order valence-electron chi connectivity index (χ4n) is 5.71.